The lowest BCUT2D eigenvalue weighted by Crippen LogP contribution is -2.17. The Balaban J connectivity index is 3.01. The number of hydrogen-bond donors (Lipinski definition) is 0. The van der Waals surface area contributed by atoms with Gasteiger partial charge in [0.05, 0.1) is 12.0 Å². The van der Waals surface area contributed by atoms with Gasteiger partial charge < -0.3 is 4.74 Å². The molecule has 0 saturated heterocycles. The van der Waals surface area contributed by atoms with Crippen LogP contribution in [-0.4, -0.2) is 32.2 Å². The van der Waals surface area contributed by atoms with E-state index >= 15 is 0 Å². The fourth-order valence-corrected chi connectivity index (χ4v) is 2.50. The third-order valence-electron chi connectivity index (χ3n) is 1.57. The van der Waals surface area contributed by atoms with Crippen LogP contribution in [0.5, 0.6) is 0 Å². The summed E-state index contributed by atoms with van der Waals surface area (Å²) in [6.07, 6.45) is 2.64. The number of aromatic nitrogens is 1. The summed E-state index contributed by atoms with van der Waals surface area (Å²) in [5, 5.41) is 0. The van der Waals surface area contributed by atoms with E-state index in [1.807, 2.05) is 0 Å². The van der Waals surface area contributed by atoms with Crippen molar-refractivity contribution in [1.29, 1.82) is 0 Å². The molecule has 5 nitrogen and oxygen atoms in total. The first-order valence-corrected chi connectivity index (χ1v) is 6.30. The van der Waals surface area contributed by atoms with E-state index in [1.54, 1.807) is 0 Å². The lowest BCUT2D eigenvalue weighted by molar-refractivity contribution is -0.137. The van der Waals surface area contributed by atoms with Crippen LogP contribution in [0.2, 0.25) is 0 Å². The van der Waals surface area contributed by atoms with Crippen LogP contribution in [-0.2, 0) is 19.4 Å². The van der Waals surface area contributed by atoms with Crippen molar-refractivity contribution in [2.24, 2.45) is 0 Å². The zero-order valence-electron chi connectivity index (χ0n) is 7.81. The van der Waals surface area contributed by atoms with Gasteiger partial charge in [0, 0.05) is 16.9 Å². The summed E-state index contributed by atoms with van der Waals surface area (Å²) in [6, 6.07) is 1.38. The van der Waals surface area contributed by atoms with Gasteiger partial charge in [-0.3, -0.25) is 9.78 Å². The van der Waals surface area contributed by atoms with Gasteiger partial charge in [0.1, 0.15) is 0 Å². The highest BCUT2D eigenvalue weighted by Gasteiger charge is 2.20. The molecule has 1 heterocycles. The molecule has 7 heteroatoms. The normalized spacial score (nSPS) is 11.1. The van der Waals surface area contributed by atoms with Gasteiger partial charge in [-0.25, -0.2) is 8.42 Å². The number of carbonyl (C=O) groups is 1. The molecule has 0 bridgehead atoms. The zero-order valence-corrected chi connectivity index (χ0v) is 10.2. The van der Waals surface area contributed by atoms with E-state index in [4.69, 9.17) is 0 Å². The average molecular weight is 294 g/mol. The van der Waals surface area contributed by atoms with Gasteiger partial charge in [0.2, 0.25) is 0 Å². The summed E-state index contributed by atoms with van der Waals surface area (Å²) in [5.41, 5.74) is 0. The second kappa shape index (κ2) is 4.71. The Morgan fingerprint density at radius 1 is 1.53 bits per heavy atom. The Hall–Kier alpha value is -0.950. The van der Waals surface area contributed by atoms with Crippen molar-refractivity contribution in [3.8, 4) is 0 Å². The molecule has 0 fully saturated rings. The Kier molecular flexibility index (Phi) is 3.81. The molecule has 0 aliphatic carbocycles. The number of esters is 1. The van der Waals surface area contributed by atoms with Crippen molar-refractivity contribution in [3.05, 3.63) is 22.9 Å². The maximum atomic E-state index is 11.6. The van der Waals surface area contributed by atoms with Crippen molar-refractivity contribution >= 4 is 31.7 Å². The maximum absolute atomic E-state index is 11.6. The summed E-state index contributed by atoms with van der Waals surface area (Å²) in [4.78, 5) is 14.5. The molecule has 0 atom stereocenters. The smallest absolute Gasteiger partial charge is 0.321 e. The first kappa shape index (κ1) is 12.1. The Morgan fingerprint density at radius 3 is 2.73 bits per heavy atom. The van der Waals surface area contributed by atoms with E-state index in [9.17, 15) is 13.2 Å². The number of carbonyl (C=O) groups excluding carboxylic acids is 1. The van der Waals surface area contributed by atoms with Crippen LogP contribution in [0.1, 0.15) is 0 Å². The summed E-state index contributed by atoms with van der Waals surface area (Å²) >= 11 is 3.09. The first-order valence-electron chi connectivity index (χ1n) is 3.86. The van der Waals surface area contributed by atoms with Crippen LogP contribution >= 0.6 is 15.9 Å². The number of sulfone groups is 1. The van der Waals surface area contributed by atoms with Crippen LogP contribution in [0.25, 0.3) is 0 Å². The fourth-order valence-electron chi connectivity index (χ4n) is 0.860. The van der Waals surface area contributed by atoms with Gasteiger partial charge in [-0.05, 0) is 22.0 Å². The van der Waals surface area contributed by atoms with E-state index in [2.05, 4.69) is 25.7 Å². The number of hydrogen-bond acceptors (Lipinski definition) is 5. The third-order valence-corrected chi connectivity index (χ3v) is 3.57. The highest BCUT2D eigenvalue weighted by Crippen LogP contribution is 2.15. The van der Waals surface area contributed by atoms with E-state index < -0.39 is 21.6 Å². The molecule has 1 aromatic rings. The van der Waals surface area contributed by atoms with Gasteiger partial charge >= 0.3 is 5.97 Å². The molecular formula is C8H8BrNO4S. The second-order valence-corrected chi connectivity index (χ2v) is 5.58. The number of nitrogens with zero attached hydrogens (tertiary/aromatic N) is 1. The molecule has 0 amide bonds. The van der Waals surface area contributed by atoms with Gasteiger partial charge in [-0.2, -0.15) is 0 Å². The lowest BCUT2D eigenvalue weighted by atomic mass is 10.5. The van der Waals surface area contributed by atoms with Crippen molar-refractivity contribution in [2.75, 3.05) is 12.9 Å². The van der Waals surface area contributed by atoms with E-state index in [0.29, 0.717) is 4.47 Å². The summed E-state index contributed by atoms with van der Waals surface area (Å²) in [5.74, 6) is -1.48. The SMILES string of the molecule is COC(=O)CS(=O)(=O)c1cncc(Br)c1. The monoisotopic (exact) mass is 293 g/mol. The molecule has 0 aromatic carbocycles. The standard InChI is InChI=1S/C8H8BrNO4S/c1-14-8(11)5-15(12,13)7-2-6(9)3-10-4-7/h2-4H,5H2,1H3. The fraction of sp³-hybridized carbons (Fsp3) is 0.250. The summed E-state index contributed by atoms with van der Waals surface area (Å²) < 4.78 is 28.0. The molecule has 15 heavy (non-hydrogen) atoms. The molecule has 82 valence electrons. The van der Waals surface area contributed by atoms with Gasteiger partial charge in [0.25, 0.3) is 0 Å². The Bertz CT molecular complexity index is 471. The van der Waals surface area contributed by atoms with Crippen LogP contribution in [0.15, 0.2) is 27.8 Å². The van der Waals surface area contributed by atoms with Crippen molar-refractivity contribution in [2.45, 2.75) is 4.90 Å². The largest absolute Gasteiger partial charge is 0.468 e. The quantitative estimate of drug-likeness (QED) is 0.771. The van der Waals surface area contributed by atoms with E-state index in [-0.39, 0.29) is 4.90 Å². The number of pyridine rings is 1. The number of rotatable bonds is 3. The van der Waals surface area contributed by atoms with Gasteiger partial charge in [-0.15, -0.1) is 0 Å². The van der Waals surface area contributed by atoms with Crippen LogP contribution in [0, 0.1) is 0 Å². The summed E-state index contributed by atoms with van der Waals surface area (Å²) in [7, 11) is -2.53. The average Bonchev–Trinajstić information content (AvgIpc) is 2.17. The first-order chi connectivity index (χ1) is 6.95. The van der Waals surface area contributed by atoms with E-state index in [1.165, 1.54) is 18.5 Å². The molecule has 0 spiro atoms. The molecule has 0 saturated carbocycles. The molecule has 0 unspecified atom stereocenters. The van der Waals surface area contributed by atoms with Gasteiger partial charge in [-0.1, -0.05) is 0 Å². The highest BCUT2D eigenvalue weighted by atomic mass is 79.9. The van der Waals surface area contributed by atoms with Crippen LogP contribution < -0.4 is 0 Å². The molecule has 0 aliphatic heterocycles. The highest BCUT2D eigenvalue weighted by molar-refractivity contribution is 9.10. The van der Waals surface area contributed by atoms with Crippen molar-refractivity contribution < 1.29 is 17.9 Å². The molecule has 0 N–H and O–H groups in total. The minimum Gasteiger partial charge on any atom is -0.468 e. The molecule has 1 rings (SSSR count). The Morgan fingerprint density at radius 2 is 2.20 bits per heavy atom. The zero-order chi connectivity index (χ0) is 11.5. The predicted octanol–water partition coefficient (Wildman–Crippen LogP) is 0.791. The predicted molar refractivity (Wildman–Crippen MR) is 56.0 cm³/mol. The molecule has 1 aromatic heterocycles. The minimum absolute atomic E-state index is 0.0118. The van der Waals surface area contributed by atoms with Crippen molar-refractivity contribution in [3.63, 3.8) is 0 Å². The summed E-state index contributed by atoms with van der Waals surface area (Å²) in [6.45, 7) is 0. The number of halogens is 1. The second-order valence-electron chi connectivity index (χ2n) is 2.67. The van der Waals surface area contributed by atoms with E-state index in [0.717, 1.165) is 7.11 Å². The molecule has 0 radical (unpaired) electrons. The Labute approximate surface area is 95.5 Å². The minimum atomic E-state index is -3.66. The topological polar surface area (TPSA) is 73.3 Å². The van der Waals surface area contributed by atoms with Crippen LogP contribution in [0.4, 0.5) is 0 Å². The molecular weight excluding hydrogens is 286 g/mol. The lowest BCUT2D eigenvalue weighted by Gasteiger charge is -2.02. The maximum Gasteiger partial charge on any atom is 0.321 e. The van der Waals surface area contributed by atoms with Crippen molar-refractivity contribution in [1.82, 2.24) is 4.98 Å². The van der Waals surface area contributed by atoms with Crippen LogP contribution in [0.3, 0.4) is 0 Å². The third kappa shape index (κ3) is 3.28. The number of ether oxygens (including phenoxy) is 1. The number of methoxy groups -OCH3 is 1. The van der Waals surface area contributed by atoms with Gasteiger partial charge in [0.15, 0.2) is 15.6 Å². The molecule has 0 aliphatic rings.